The summed E-state index contributed by atoms with van der Waals surface area (Å²) in [6.07, 6.45) is 2.43. The van der Waals surface area contributed by atoms with Crippen LogP contribution in [0.1, 0.15) is 30.4 Å². The normalized spacial score (nSPS) is 19.6. The third-order valence-electron chi connectivity index (χ3n) is 6.38. The number of aliphatic carboxylic acids is 1. The molecule has 1 fully saturated rings. The number of sulfonamides is 1. The van der Waals surface area contributed by atoms with Gasteiger partial charge in [-0.15, -0.1) is 0 Å². The summed E-state index contributed by atoms with van der Waals surface area (Å²) in [6, 6.07) is 16.5. The molecule has 2 heterocycles. The van der Waals surface area contributed by atoms with Gasteiger partial charge < -0.3 is 9.84 Å². The van der Waals surface area contributed by atoms with E-state index in [1.807, 2.05) is 24.3 Å². The van der Waals surface area contributed by atoms with Crippen molar-refractivity contribution in [3.8, 4) is 11.1 Å². The number of hydrogen-bond acceptors (Lipinski definition) is 4. The van der Waals surface area contributed by atoms with Crippen molar-refractivity contribution in [3.63, 3.8) is 0 Å². The molecule has 2 aromatic rings. The van der Waals surface area contributed by atoms with Crippen molar-refractivity contribution in [2.45, 2.75) is 30.9 Å². The van der Waals surface area contributed by atoms with Crippen LogP contribution in [0.15, 0.2) is 54.6 Å². The molecular formula is C24H27NO5S. The molecule has 164 valence electrons. The van der Waals surface area contributed by atoms with E-state index in [0.717, 1.165) is 22.3 Å². The largest absolute Gasteiger partial charge is 0.480 e. The van der Waals surface area contributed by atoms with Crippen LogP contribution in [0, 0.1) is 6.92 Å². The predicted molar refractivity (Wildman–Crippen MR) is 120 cm³/mol. The van der Waals surface area contributed by atoms with Crippen molar-refractivity contribution in [2.75, 3.05) is 26.3 Å². The number of rotatable bonds is 5. The lowest BCUT2D eigenvalue weighted by Gasteiger charge is -2.38. The van der Waals surface area contributed by atoms with Crippen LogP contribution in [-0.4, -0.2) is 54.8 Å². The first-order chi connectivity index (χ1) is 14.8. The van der Waals surface area contributed by atoms with Gasteiger partial charge in [0, 0.05) is 39.1 Å². The highest BCUT2D eigenvalue weighted by Crippen LogP contribution is 2.35. The van der Waals surface area contributed by atoms with Crippen molar-refractivity contribution >= 4 is 21.6 Å². The minimum absolute atomic E-state index is 0.0160. The zero-order chi connectivity index (χ0) is 22.1. The number of ether oxygens (including phenoxy) is 1. The van der Waals surface area contributed by atoms with Gasteiger partial charge in [-0.25, -0.2) is 8.42 Å². The molecule has 0 aliphatic carbocycles. The van der Waals surface area contributed by atoms with E-state index in [1.165, 1.54) is 9.87 Å². The van der Waals surface area contributed by atoms with Crippen molar-refractivity contribution < 1.29 is 23.1 Å². The molecule has 1 saturated heterocycles. The van der Waals surface area contributed by atoms with Crippen LogP contribution in [0.5, 0.6) is 0 Å². The molecule has 0 radical (unpaired) electrons. The molecule has 4 rings (SSSR count). The van der Waals surface area contributed by atoms with Gasteiger partial charge in [-0.1, -0.05) is 54.6 Å². The molecule has 0 atom stereocenters. The SMILES string of the molecule is Cc1cc(C2=CCN(S(=O)(=O)C3(C(=O)O)CCOCC3)CC2)ccc1-c1ccccc1. The van der Waals surface area contributed by atoms with Crippen LogP contribution in [0.4, 0.5) is 0 Å². The highest BCUT2D eigenvalue weighted by atomic mass is 32.2. The summed E-state index contributed by atoms with van der Waals surface area (Å²) in [4.78, 5) is 12.0. The Morgan fingerprint density at radius 2 is 1.77 bits per heavy atom. The Hall–Kier alpha value is -2.48. The summed E-state index contributed by atoms with van der Waals surface area (Å²) < 4.78 is 31.3. The first-order valence-corrected chi connectivity index (χ1v) is 12.0. The molecule has 1 N–H and O–H groups in total. The Balaban J connectivity index is 1.55. The quantitative estimate of drug-likeness (QED) is 0.765. The Morgan fingerprint density at radius 1 is 1.06 bits per heavy atom. The zero-order valence-electron chi connectivity index (χ0n) is 17.6. The molecule has 6 nitrogen and oxygen atoms in total. The predicted octanol–water partition coefficient (Wildman–Crippen LogP) is 3.71. The van der Waals surface area contributed by atoms with Crippen molar-refractivity contribution in [3.05, 3.63) is 65.7 Å². The standard InChI is InChI=1S/C24H27NO5S/c1-18-17-21(7-8-22(18)20-5-3-2-4-6-20)19-9-13-25(14-10-19)31(28,29)24(23(26)27)11-15-30-16-12-24/h2-9,17H,10-16H2,1H3,(H,26,27). The van der Waals surface area contributed by atoms with Crippen LogP contribution in [0.25, 0.3) is 16.7 Å². The van der Waals surface area contributed by atoms with E-state index in [1.54, 1.807) is 0 Å². The maximum atomic E-state index is 13.3. The van der Waals surface area contributed by atoms with Gasteiger partial charge in [-0.05, 0) is 41.2 Å². The third-order valence-corrected chi connectivity index (χ3v) is 8.96. The van der Waals surface area contributed by atoms with Crippen LogP contribution >= 0.6 is 0 Å². The molecule has 2 aromatic carbocycles. The average Bonchev–Trinajstić information content (AvgIpc) is 2.80. The van der Waals surface area contributed by atoms with Gasteiger partial charge in [0.25, 0.3) is 0 Å². The Morgan fingerprint density at radius 3 is 2.35 bits per heavy atom. The maximum absolute atomic E-state index is 13.3. The zero-order valence-corrected chi connectivity index (χ0v) is 18.4. The topological polar surface area (TPSA) is 83.9 Å². The number of carboxylic acid groups (broad SMARTS) is 1. The minimum Gasteiger partial charge on any atom is -0.480 e. The fourth-order valence-electron chi connectivity index (χ4n) is 4.47. The second-order valence-electron chi connectivity index (χ2n) is 8.15. The van der Waals surface area contributed by atoms with Gasteiger partial charge in [0.15, 0.2) is 4.75 Å². The summed E-state index contributed by atoms with van der Waals surface area (Å²) in [5.74, 6) is -1.28. The van der Waals surface area contributed by atoms with Gasteiger partial charge in [0.05, 0.1) is 0 Å². The molecule has 0 aromatic heterocycles. The number of nitrogens with zero attached hydrogens (tertiary/aromatic N) is 1. The molecule has 0 unspecified atom stereocenters. The molecule has 2 aliphatic rings. The van der Waals surface area contributed by atoms with E-state index >= 15 is 0 Å². The molecule has 31 heavy (non-hydrogen) atoms. The van der Waals surface area contributed by atoms with Crippen LogP contribution in [-0.2, 0) is 19.6 Å². The lowest BCUT2D eigenvalue weighted by atomic mass is 9.94. The molecule has 0 spiro atoms. The van der Waals surface area contributed by atoms with Crippen LogP contribution in [0.2, 0.25) is 0 Å². The summed E-state index contributed by atoms with van der Waals surface area (Å²) in [5.41, 5.74) is 5.66. The van der Waals surface area contributed by atoms with Gasteiger partial charge in [-0.3, -0.25) is 4.79 Å². The van der Waals surface area contributed by atoms with Crippen molar-refractivity contribution in [2.24, 2.45) is 0 Å². The Labute approximate surface area is 183 Å². The third kappa shape index (κ3) is 3.93. The fourth-order valence-corrected chi connectivity index (χ4v) is 6.47. The molecule has 2 aliphatic heterocycles. The van der Waals surface area contributed by atoms with Crippen LogP contribution in [0.3, 0.4) is 0 Å². The number of carbonyl (C=O) groups is 1. The second kappa shape index (κ2) is 8.57. The Kier molecular flexibility index (Phi) is 6.01. The van der Waals surface area contributed by atoms with E-state index in [-0.39, 0.29) is 39.1 Å². The highest BCUT2D eigenvalue weighted by Gasteiger charge is 2.54. The highest BCUT2D eigenvalue weighted by molar-refractivity contribution is 7.91. The first kappa shape index (κ1) is 21.7. The monoisotopic (exact) mass is 441 g/mol. The summed E-state index contributed by atoms with van der Waals surface area (Å²) in [7, 11) is -3.99. The lowest BCUT2D eigenvalue weighted by Crippen LogP contribution is -2.56. The van der Waals surface area contributed by atoms with Gasteiger partial charge in [0.1, 0.15) is 0 Å². The molecule has 0 bridgehead atoms. The molecular weight excluding hydrogens is 414 g/mol. The van der Waals surface area contributed by atoms with Gasteiger partial charge in [0.2, 0.25) is 10.0 Å². The smallest absolute Gasteiger partial charge is 0.326 e. The number of hydrogen-bond donors (Lipinski definition) is 1. The van der Waals surface area contributed by atoms with Gasteiger partial charge in [-0.2, -0.15) is 4.31 Å². The van der Waals surface area contributed by atoms with E-state index in [2.05, 4.69) is 37.3 Å². The summed E-state index contributed by atoms with van der Waals surface area (Å²) >= 11 is 0. The first-order valence-electron chi connectivity index (χ1n) is 10.5. The fraction of sp³-hybridized carbons (Fsp3) is 0.375. The van der Waals surface area contributed by atoms with Crippen molar-refractivity contribution in [1.82, 2.24) is 4.31 Å². The number of carboxylic acids is 1. The molecule has 0 saturated carbocycles. The van der Waals surface area contributed by atoms with E-state index < -0.39 is 20.7 Å². The van der Waals surface area contributed by atoms with E-state index in [9.17, 15) is 18.3 Å². The average molecular weight is 442 g/mol. The van der Waals surface area contributed by atoms with Gasteiger partial charge >= 0.3 is 5.97 Å². The van der Waals surface area contributed by atoms with E-state index in [4.69, 9.17) is 4.74 Å². The van der Waals surface area contributed by atoms with Crippen molar-refractivity contribution in [1.29, 1.82) is 0 Å². The molecule has 7 heteroatoms. The summed E-state index contributed by atoms with van der Waals surface area (Å²) in [5, 5.41) is 9.76. The minimum atomic E-state index is -3.99. The molecule has 0 amide bonds. The van der Waals surface area contributed by atoms with Crippen LogP contribution < -0.4 is 0 Å². The van der Waals surface area contributed by atoms with E-state index in [0.29, 0.717) is 6.42 Å². The maximum Gasteiger partial charge on any atom is 0.326 e. The Bertz CT molecular complexity index is 1100. The lowest BCUT2D eigenvalue weighted by molar-refractivity contribution is -0.142. The number of benzene rings is 2. The number of aryl methyl sites for hydroxylation is 1. The second-order valence-corrected chi connectivity index (χ2v) is 10.4. The summed E-state index contributed by atoms with van der Waals surface area (Å²) in [6.45, 7) is 2.84.